The first-order chi connectivity index (χ1) is 16.3. The Morgan fingerprint density at radius 2 is 1.94 bits per heavy atom. The molecule has 0 bridgehead atoms. The minimum absolute atomic E-state index is 0.245. The van der Waals surface area contributed by atoms with Crippen LogP contribution in [0.25, 0.3) is 21.9 Å². The minimum atomic E-state index is -1.50. The topological polar surface area (TPSA) is 145 Å². The molecule has 2 fully saturated rings. The van der Waals surface area contributed by atoms with Gasteiger partial charge < -0.3 is 31.0 Å². The van der Waals surface area contributed by atoms with Crippen LogP contribution >= 0.6 is 0 Å². The molecule has 6 rings (SSSR count). The van der Waals surface area contributed by atoms with Crippen LogP contribution in [0.5, 0.6) is 0 Å². The number of nitrogen functional groups attached to an aromatic ring is 2. The number of aromatic nitrogens is 4. The lowest BCUT2D eigenvalue weighted by molar-refractivity contribution is -0.0675. The van der Waals surface area contributed by atoms with Crippen molar-refractivity contribution in [1.82, 2.24) is 19.5 Å². The summed E-state index contributed by atoms with van der Waals surface area (Å²) in [5, 5.41) is 23.3. The fraction of sp³-hybridized carbons (Fsp3) is 0.348. The molecule has 2 aliphatic rings. The Bertz CT molecular complexity index is 1450. The number of hydrogen-bond donors (Lipinski definition) is 4. The average Bonchev–Trinajstić information content (AvgIpc) is 3.43. The molecular formula is C23H22F2N6O3. The van der Waals surface area contributed by atoms with Crippen molar-refractivity contribution in [3.8, 4) is 0 Å². The summed E-state index contributed by atoms with van der Waals surface area (Å²) in [6.45, 7) is 0. The maximum absolute atomic E-state index is 14.9. The molecule has 34 heavy (non-hydrogen) atoms. The van der Waals surface area contributed by atoms with Gasteiger partial charge in [-0.25, -0.2) is 23.7 Å². The van der Waals surface area contributed by atoms with Crippen LogP contribution in [0.3, 0.4) is 0 Å². The monoisotopic (exact) mass is 468 g/mol. The van der Waals surface area contributed by atoms with Crippen LogP contribution in [0.15, 0.2) is 36.8 Å². The smallest absolute Gasteiger partial charge is 0.165 e. The van der Waals surface area contributed by atoms with E-state index in [4.69, 9.17) is 16.2 Å². The molecule has 11 heteroatoms. The molecular weight excluding hydrogens is 446 g/mol. The normalized spacial score (nSPS) is 28.7. The van der Waals surface area contributed by atoms with Gasteiger partial charge in [-0.3, -0.25) is 0 Å². The molecule has 1 aromatic carbocycles. The fourth-order valence-corrected chi connectivity index (χ4v) is 5.42. The van der Waals surface area contributed by atoms with Gasteiger partial charge >= 0.3 is 0 Å². The molecule has 4 heterocycles. The fourth-order valence-electron chi connectivity index (χ4n) is 5.42. The van der Waals surface area contributed by atoms with Crippen LogP contribution in [-0.4, -0.2) is 47.5 Å². The molecule has 1 saturated carbocycles. The Kier molecular flexibility index (Phi) is 4.54. The van der Waals surface area contributed by atoms with Gasteiger partial charge in [0.2, 0.25) is 0 Å². The number of anilines is 2. The number of nitrogens with zero attached hydrogens (tertiary/aromatic N) is 4. The summed E-state index contributed by atoms with van der Waals surface area (Å²) in [5.41, 5.74) is 11.2. The van der Waals surface area contributed by atoms with Crippen LogP contribution < -0.4 is 11.5 Å². The second-order valence-corrected chi connectivity index (χ2v) is 9.10. The van der Waals surface area contributed by atoms with Crippen molar-refractivity contribution in [3.05, 3.63) is 54.0 Å². The number of aliphatic hydroxyl groups excluding tert-OH is 1. The SMILES string of the molecule is Nc1nc2cc(C[C@@H]3CC[C@]4(O)C(O)[C@H](n5ccc6c(N)ncnc65)O[C@H]34)c(F)cc2cc1F. The van der Waals surface area contributed by atoms with E-state index in [0.29, 0.717) is 46.2 Å². The lowest BCUT2D eigenvalue weighted by Gasteiger charge is -2.26. The number of aliphatic hydroxyl groups is 2. The van der Waals surface area contributed by atoms with Crippen LogP contribution in [0.2, 0.25) is 0 Å². The van der Waals surface area contributed by atoms with E-state index in [9.17, 15) is 19.0 Å². The minimum Gasteiger partial charge on any atom is -0.385 e. The summed E-state index contributed by atoms with van der Waals surface area (Å²) in [4.78, 5) is 12.2. The van der Waals surface area contributed by atoms with Crippen LogP contribution in [-0.2, 0) is 11.2 Å². The molecule has 5 atom stereocenters. The van der Waals surface area contributed by atoms with Crippen molar-refractivity contribution in [2.75, 3.05) is 11.5 Å². The van der Waals surface area contributed by atoms with Gasteiger partial charge in [-0.05, 0) is 55.0 Å². The quantitative estimate of drug-likeness (QED) is 0.358. The molecule has 6 N–H and O–H groups in total. The second-order valence-electron chi connectivity index (χ2n) is 9.10. The highest BCUT2D eigenvalue weighted by molar-refractivity contribution is 5.86. The van der Waals surface area contributed by atoms with E-state index in [1.165, 1.54) is 12.4 Å². The van der Waals surface area contributed by atoms with Gasteiger partial charge in [0.25, 0.3) is 0 Å². The molecule has 176 valence electrons. The predicted molar refractivity (Wildman–Crippen MR) is 119 cm³/mol. The summed E-state index contributed by atoms with van der Waals surface area (Å²) >= 11 is 0. The molecule has 1 unspecified atom stereocenters. The van der Waals surface area contributed by atoms with Crippen molar-refractivity contribution in [2.45, 2.75) is 43.3 Å². The number of ether oxygens (including phenoxy) is 1. The zero-order chi connectivity index (χ0) is 23.8. The summed E-state index contributed by atoms with van der Waals surface area (Å²) in [7, 11) is 0. The highest BCUT2D eigenvalue weighted by atomic mass is 19.1. The number of benzene rings is 1. The van der Waals surface area contributed by atoms with Crippen molar-refractivity contribution >= 4 is 33.6 Å². The van der Waals surface area contributed by atoms with Gasteiger partial charge in [0, 0.05) is 11.6 Å². The Morgan fingerprint density at radius 1 is 1.15 bits per heavy atom. The molecule has 1 aliphatic carbocycles. The standard InChI is InChI=1S/C23H22F2N6O3/c24-14-6-12-7-15(25)20(27)30-16(12)8-11(14)5-10-1-3-23(33)17(32)22(34-18(10)23)31-4-2-13-19(26)28-9-29-21(13)31/h2,4,6-10,17-18,22,32-33H,1,3,5H2,(H2,27,30)(H2,26,28,29)/t10-,17?,18+,22+,23-/m0/s1. The number of rotatable bonds is 3. The van der Waals surface area contributed by atoms with Crippen LogP contribution in [0.4, 0.5) is 20.4 Å². The predicted octanol–water partition coefficient (Wildman–Crippen LogP) is 2.06. The third-order valence-corrected chi connectivity index (χ3v) is 7.16. The number of nitrogens with two attached hydrogens (primary N) is 2. The molecule has 4 aromatic rings. The lowest BCUT2D eigenvalue weighted by atomic mass is 9.89. The summed E-state index contributed by atoms with van der Waals surface area (Å²) < 4.78 is 36.4. The Morgan fingerprint density at radius 3 is 2.76 bits per heavy atom. The van der Waals surface area contributed by atoms with Gasteiger partial charge in [0.15, 0.2) is 17.9 Å². The molecule has 1 aliphatic heterocycles. The largest absolute Gasteiger partial charge is 0.385 e. The Labute approximate surface area is 192 Å². The average molecular weight is 468 g/mol. The number of fused-ring (bicyclic) bond motifs is 3. The van der Waals surface area contributed by atoms with E-state index < -0.39 is 35.7 Å². The second kappa shape index (κ2) is 7.29. The van der Waals surface area contributed by atoms with Crippen LogP contribution in [0, 0.1) is 17.6 Å². The van der Waals surface area contributed by atoms with Gasteiger partial charge in [-0.1, -0.05) is 0 Å². The van der Waals surface area contributed by atoms with Gasteiger partial charge in [-0.2, -0.15) is 0 Å². The van der Waals surface area contributed by atoms with E-state index in [1.807, 2.05) is 0 Å². The number of pyridine rings is 1. The molecule has 3 aromatic heterocycles. The number of hydrogen-bond acceptors (Lipinski definition) is 8. The maximum Gasteiger partial charge on any atom is 0.165 e. The Hall–Kier alpha value is -3.41. The molecule has 0 spiro atoms. The van der Waals surface area contributed by atoms with E-state index in [2.05, 4.69) is 15.0 Å². The van der Waals surface area contributed by atoms with Gasteiger partial charge in [0.05, 0.1) is 17.0 Å². The van der Waals surface area contributed by atoms with Crippen molar-refractivity contribution in [2.24, 2.45) is 5.92 Å². The first-order valence-corrected chi connectivity index (χ1v) is 10.9. The summed E-state index contributed by atoms with van der Waals surface area (Å²) in [6, 6.07) is 5.64. The maximum atomic E-state index is 14.9. The number of halogens is 2. The zero-order valence-electron chi connectivity index (χ0n) is 17.9. The molecule has 0 amide bonds. The highest BCUT2D eigenvalue weighted by Crippen LogP contribution is 2.50. The van der Waals surface area contributed by atoms with Crippen molar-refractivity contribution in [1.29, 1.82) is 0 Å². The molecule has 0 radical (unpaired) electrons. The Balaban J connectivity index is 1.32. The first kappa shape index (κ1) is 21.1. The summed E-state index contributed by atoms with van der Waals surface area (Å²) in [5.74, 6) is -1.43. The molecule has 9 nitrogen and oxygen atoms in total. The molecule has 1 saturated heterocycles. The third kappa shape index (κ3) is 2.97. The van der Waals surface area contributed by atoms with Gasteiger partial charge in [0.1, 0.15) is 35.3 Å². The first-order valence-electron chi connectivity index (χ1n) is 10.9. The third-order valence-electron chi connectivity index (χ3n) is 7.16. The van der Waals surface area contributed by atoms with Crippen molar-refractivity contribution in [3.63, 3.8) is 0 Å². The van der Waals surface area contributed by atoms with Crippen LogP contribution in [0.1, 0.15) is 24.6 Å². The van der Waals surface area contributed by atoms with Crippen molar-refractivity contribution < 1.29 is 23.7 Å². The van der Waals surface area contributed by atoms with E-state index >= 15 is 0 Å². The zero-order valence-corrected chi connectivity index (χ0v) is 17.9. The summed E-state index contributed by atoms with van der Waals surface area (Å²) in [6.07, 6.45) is 1.23. The van der Waals surface area contributed by atoms with E-state index in [-0.39, 0.29) is 18.2 Å². The van der Waals surface area contributed by atoms with E-state index in [1.54, 1.807) is 22.9 Å². The lowest BCUT2D eigenvalue weighted by Crippen LogP contribution is -2.45. The van der Waals surface area contributed by atoms with E-state index in [0.717, 1.165) is 6.07 Å². The highest BCUT2D eigenvalue weighted by Gasteiger charge is 2.61. The van der Waals surface area contributed by atoms with Gasteiger partial charge in [-0.15, -0.1) is 0 Å².